The van der Waals surface area contributed by atoms with Crippen molar-refractivity contribution in [1.82, 2.24) is 9.38 Å². The van der Waals surface area contributed by atoms with Crippen molar-refractivity contribution in [2.75, 3.05) is 0 Å². The second kappa shape index (κ2) is 5.66. The average molecular weight is 309 g/mol. The van der Waals surface area contributed by atoms with Crippen LogP contribution in [0.25, 0.3) is 4.96 Å². The average Bonchev–Trinajstić information content (AvgIpc) is 3.10. The van der Waals surface area contributed by atoms with Crippen molar-refractivity contribution >= 4 is 39.4 Å². The number of rotatable bonds is 5. The summed E-state index contributed by atoms with van der Waals surface area (Å²) in [5.41, 5.74) is 7.36. The molecule has 3 aromatic heterocycles. The number of fused-ring (bicyclic) bond motifs is 1. The number of hydrogen-bond donors (Lipinski definition) is 1. The molecule has 2 N–H and O–H groups in total. The number of aromatic nitrogens is 2. The molecule has 0 bridgehead atoms. The molecule has 1 unspecified atom stereocenters. The van der Waals surface area contributed by atoms with E-state index in [9.17, 15) is 0 Å². The molecule has 0 aliphatic heterocycles. The lowest BCUT2D eigenvalue weighted by Crippen LogP contribution is -2.22. The van der Waals surface area contributed by atoms with Gasteiger partial charge in [0.05, 0.1) is 9.90 Å². The van der Waals surface area contributed by atoms with E-state index in [0.717, 1.165) is 22.8 Å². The van der Waals surface area contributed by atoms with Crippen LogP contribution in [-0.4, -0.2) is 15.4 Å². The third-order valence-corrected chi connectivity index (χ3v) is 5.81. The van der Waals surface area contributed by atoms with Crippen LogP contribution in [0.2, 0.25) is 0 Å². The van der Waals surface area contributed by atoms with Gasteiger partial charge in [0.1, 0.15) is 5.03 Å². The summed E-state index contributed by atoms with van der Waals surface area (Å²) >= 11 is 5.16. The van der Waals surface area contributed by atoms with Gasteiger partial charge in [-0.05, 0) is 17.9 Å². The van der Waals surface area contributed by atoms with Gasteiger partial charge in [0.15, 0.2) is 4.96 Å². The topological polar surface area (TPSA) is 43.3 Å². The van der Waals surface area contributed by atoms with Crippen LogP contribution in [0.4, 0.5) is 0 Å². The van der Waals surface area contributed by atoms with Crippen molar-refractivity contribution in [3.8, 4) is 0 Å². The largest absolute Gasteiger partial charge is 0.327 e. The molecule has 19 heavy (non-hydrogen) atoms. The van der Waals surface area contributed by atoms with E-state index in [4.69, 9.17) is 10.7 Å². The van der Waals surface area contributed by atoms with Crippen LogP contribution in [0, 0.1) is 0 Å². The van der Waals surface area contributed by atoms with Crippen LogP contribution in [0.5, 0.6) is 0 Å². The zero-order chi connectivity index (χ0) is 13.2. The van der Waals surface area contributed by atoms with Gasteiger partial charge in [0, 0.05) is 24.0 Å². The number of thiazole rings is 1. The molecule has 3 aromatic rings. The minimum atomic E-state index is 0.197. The molecular weight excluding hydrogens is 294 g/mol. The molecule has 0 radical (unpaired) electrons. The first kappa shape index (κ1) is 13.2. The van der Waals surface area contributed by atoms with Crippen molar-refractivity contribution in [2.24, 2.45) is 5.73 Å². The monoisotopic (exact) mass is 309 g/mol. The van der Waals surface area contributed by atoms with E-state index in [1.807, 2.05) is 0 Å². The fourth-order valence-electron chi connectivity index (χ4n) is 1.89. The van der Waals surface area contributed by atoms with Gasteiger partial charge in [-0.15, -0.1) is 22.7 Å². The summed E-state index contributed by atoms with van der Waals surface area (Å²) < 4.78 is 3.45. The maximum Gasteiger partial charge on any atom is 0.194 e. The Kier molecular flexibility index (Phi) is 3.93. The summed E-state index contributed by atoms with van der Waals surface area (Å²) in [6.07, 6.45) is 3.95. The highest BCUT2D eigenvalue weighted by Gasteiger charge is 2.16. The van der Waals surface area contributed by atoms with Crippen molar-refractivity contribution in [1.29, 1.82) is 0 Å². The summed E-state index contributed by atoms with van der Waals surface area (Å²) in [5.74, 6) is 0. The molecular formula is C13H15N3S3. The maximum atomic E-state index is 6.12. The van der Waals surface area contributed by atoms with E-state index < -0.39 is 0 Å². The Morgan fingerprint density at radius 2 is 2.32 bits per heavy atom. The maximum absolute atomic E-state index is 6.12. The predicted molar refractivity (Wildman–Crippen MR) is 83.5 cm³/mol. The van der Waals surface area contributed by atoms with Gasteiger partial charge < -0.3 is 5.73 Å². The first-order valence-corrected chi connectivity index (χ1v) is 8.77. The Balaban J connectivity index is 1.97. The van der Waals surface area contributed by atoms with Crippen LogP contribution in [0.15, 0.2) is 38.3 Å². The molecule has 0 spiro atoms. The SMILES string of the molecule is CCC(N)Cc1c(Sc2cccs2)nc2sccn12. The van der Waals surface area contributed by atoms with E-state index in [1.165, 1.54) is 9.90 Å². The van der Waals surface area contributed by atoms with Gasteiger partial charge in [0.2, 0.25) is 0 Å². The van der Waals surface area contributed by atoms with E-state index in [2.05, 4.69) is 40.4 Å². The third kappa shape index (κ3) is 2.72. The van der Waals surface area contributed by atoms with E-state index in [-0.39, 0.29) is 6.04 Å². The van der Waals surface area contributed by atoms with Gasteiger partial charge in [-0.25, -0.2) is 4.98 Å². The smallest absolute Gasteiger partial charge is 0.194 e. The van der Waals surface area contributed by atoms with Crippen molar-refractivity contribution in [2.45, 2.75) is 35.0 Å². The van der Waals surface area contributed by atoms with E-state index in [0.29, 0.717) is 0 Å². The van der Waals surface area contributed by atoms with Crippen molar-refractivity contribution in [3.63, 3.8) is 0 Å². The molecule has 100 valence electrons. The van der Waals surface area contributed by atoms with Gasteiger partial charge in [-0.3, -0.25) is 4.40 Å². The highest BCUT2D eigenvalue weighted by atomic mass is 32.2. The van der Waals surface area contributed by atoms with Crippen LogP contribution in [0.1, 0.15) is 19.0 Å². The molecule has 6 heteroatoms. The lowest BCUT2D eigenvalue weighted by Gasteiger charge is -2.09. The molecule has 3 heterocycles. The molecule has 3 rings (SSSR count). The minimum Gasteiger partial charge on any atom is -0.327 e. The summed E-state index contributed by atoms with van der Waals surface area (Å²) in [4.78, 5) is 5.78. The van der Waals surface area contributed by atoms with Gasteiger partial charge in [0.25, 0.3) is 0 Å². The molecule has 0 aliphatic rings. The number of thiophene rings is 1. The molecule has 0 amide bonds. The van der Waals surface area contributed by atoms with Crippen LogP contribution in [-0.2, 0) is 6.42 Å². The normalized spacial score (nSPS) is 13.2. The predicted octanol–water partition coefficient (Wildman–Crippen LogP) is 3.89. The van der Waals surface area contributed by atoms with Gasteiger partial charge in [-0.2, -0.15) is 0 Å². The Labute approximate surface area is 124 Å². The Morgan fingerprint density at radius 3 is 3.05 bits per heavy atom. The van der Waals surface area contributed by atoms with Crippen molar-refractivity contribution < 1.29 is 0 Å². The zero-order valence-corrected chi connectivity index (χ0v) is 13.0. The molecule has 0 saturated heterocycles. The van der Waals surface area contributed by atoms with Crippen LogP contribution < -0.4 is 5.73 Å². The highest BCUT2D eigenvalue weighted by Crippen LogP contribution is 2.34. The third-order valence-electron chi connectivity index (χ3n) is 3.00. The molecule has 0 aromatic carbocycles. The fourth-order valence-corrected chi connectivity index (χ4v) is 4.49. The molecule has 0 aliphatic carbocycles. The lowest BCUT2D eigenvalue weighted by molar-refractivity contribution is 0.627. The summed E-state index contributed by atoms with van der Waals surface area (Å²) in [6.45, 7) is 2.13. The van der Waals surface area contributed by atoms with Gasteiger partial charge >= 0.3 is 0 Å². The number of hydrogen-bond acceptors (Lipinski definition) is 5. The van der Waals surface area contributed by atoms with Crippen molar-refractivity contribution in [3.05, 3.63) is 34.8 Å². The molecule has 1 atom stereocenters. The zero-order valence-electron chi connectivity index (χ0n) is 10.6. The van der Waals surface area contributed by atoms with E-state index in [1.54, 1.807) is 34.4 Å². The first-order chi connectivity index (χ1) is 9.28. The Bertz CT molecular complexity index is 654. The number of imidazole rings is 1. The first-order valence-electron chi connectivity index (χ1n) is 6.19. The van der Waals surface area contributed by atoms with Gasteiger partial charge in [-0.1, -0.05) is 24.8 Å². The van der Waals surface area contributed by atoms with E-state index >= 15 is 0 Å². The Morgan fingerprint density at radius 1 is 1.42 bits per heavy atom. The van der Waals surface area contributed by atoms with Crippen LogP contribution in [0.3, 0.4) is 0 Å². The standard InChI is InChI=1S/C13H15N3S3/c1-2-9(14)8-10-12(19-11-4-3-6-17-11)15-13-16(10)5-7-18-13/h3-7,9H,2,8,14H2,1H3. The lowest BCUT2D eigenvalue weighted by atomic mass is 10.1. The highest BCUT2D eigenvalue weighted by molar-refractivity contribution is 8.01. The fraction of sp³-hybridized carbons (Fsp3) is 0.308. The second-order valence-corrected chi connectivity index (χ2v) is 7.44. The Hall–Kier alpha value is -0.820. The second-order valence-electron chi connectivity index (χ2n) is 4.33. The molecule has 0 saturated carbocycles. The quantitative estimate of drug-likeness (QED) is 0.777. The molecule has 0 fully saturated rings. The summed E-state index contributed by atoms with van der Waals surface area (Å²) in [7, 11) is 0. The summed E-state index contributed by atoms with van der Waals surface area (Å²) in [5, 5.41) is 5.26. The van der Waals surface area contributed by atoms with Crippen LogP contribution >= 0.6 is 34.4 Å². The minimum absolute atomic E-state index is 0.197. The number of nitrogens with two attached hydrogens (primary N) is 1. The molecule has 3 nitrogen and oxygen atoms in total. The summed E-state index contributed by atoms with van der Waals surface area (Å²) in [6, 6.07) is 4.40. The number of nitrogens with zero attached hydrogens (tertiary/aromatic N) is 2.